The summed E-state index contributed by atoms with van der Waals surface area (Å²) in [5, 5.41) is 18.2. The predicted octanol–water partition coefficient (Wildman–Crippen LogP) is 7.16. The van der Waals surface area contributed by atoms with Gasteiger partial charge in [0.05, 0.1) is 19.8 Å². The van der Waals surface area contributed by atoms with Crippen LogP contribution in [0.4, 0.5) is 0 Å². The molecule has 0 aliphatic heterocycles. The van der Waals surface area contributed by atoms with Crippen molar-refractivity contribution in [2.45, 2.75) is 161 Å². The number of phosphoric acid groups is 1. The molecule has 0 aromatic rings. The van der Waals surface area contributed by atoms with Gasteiger partial charge in [-0.05, 0) is 12.8 Å². The van der Waals surface area contributed by atoms with Crippen LogP contribution >= 0.6 is 7.82 Å². The number of esters is 2. The van der Waals surface area contributed by atoms with Crippen molar-refractivity contribution in [3.05, 3.63) is 0 Å². The molecule has 0 bridgehead atoms. The van der Waals surface area contributed by atoms with Gasteiger partial charge >= 0.3 is 19.8 Å². The zero-order valence-electron chi connectivity index (χ0n) is 26.5. The van der Waals surface area contributed by atoms with E-state index in [2.05, 4.69) is 18.4 Å². The number of aliphatic hydroxyl groups excluding tert-OH is 2. The van der Waals surface area contributed by atoms with Gasteiger partial charge in [-0.15, -0.1) is 0 Å². The van der Waals surface area contributed by atoms with Crippen LogP contribution in [-0.4, -0.2) is 65.7 Å². The minimum absolute atomic E-state index is 0.190. The molecule has 0 fully saturated rings. The Kier molecular flexibility index (Phi) is 28.0. The van der Waals surface area contributed by atoms with E-state index in [1.807, 2.05) is 0 Å². The van der Waals surface area contributed by atoms with Gasteiger partial charge in [0.25, 0.3) is 0 Å². The van der Waals surface area contributed by atoms with Crippen molar-refractivity contribution in [3.8, 4) is 0 Å². The summed E-state index contributed by atoms with van der Waals surface area (Å²) >= 11 is 0. The second-order valence-corrected chi connectivity index (χ2v) is 12.7. The molecule has 0 amide bonds. The van der Waals surface area contributed by atoms with Gasteiger partial charge in [-0.1, -0.05) is 123 Å². The largest absolute Gasteiger partial charge is 0.472 e. The molecule has 0 aliphatic rings. The van der Waals surface area contributed by atoms with Gasteiger partial charge in [0.1, 0.15) is 12.7 Å². The van der Waals surface area contributed by atoms with Gasteiger partial charge in [-0.25, -0.2) is 4.57 Å². The molecule has 10 nitrogen and oxygen atoms in total. The normalized spacial score (nSPS) is 14.3. The summed E-state index contributed by atoms with van der Waals surface area (Å²) in [6.07, 6.45) is 19.5. The number of ether oxygens (including phenoxy) is 2. The lowest BCUT2D eigenvalue weighted by Gasteiger charge is -2.20. The number of aliphatic hydroxyl groups is 2. The molecular weight excluding hydrogens is 563 g/mol. The Balaban J connectivity index is 4.44. The summed E-state index contributed by atoms with van der Waals surface area (Å²) in [5.41, 5.74) is 0. The first kappa shape index (κ1) is 41.0. The van der Waals surface area contributed by atoms with Gasteiger partial charge in [0.15, 0.2) is 6.10 Å². The van der Waals surface area contributed by atoms with Gasteiger partial charge < -0.3 is 24.6 Å². The van der Waals surface area contributed by atoms with Gasteiger partial charge in [-0.3, -0.25) is 18.6 Å². The van der Waals surface area contributed by atoms with Crippen LogP contribution in [0.25, 0.3) is 0 Å². The van der Waals surface area contributed by atoms with E-state index in [1.165, 1.54) is 70.6 Å². The molecule has 0 spiro atoms. The first-order valence-electron chi connectivity index (χ1n) is 16.5. The number of carbonyl (C=O) groups excluding carboxylic acids is 2. The van der Waals surface area contributed by atoms with E-state index < -0.39 is 51.8 Å². The minimum atomic E-state index is -4.59. The second-order valence-electron chi connectivity index (χ2n) is 11.2. The maximum atomic E-state index is 12.4. The smallest absolute Gasteiger partial charge is 0.462 e. The number of carbonyl (C=O) groups is 2. The maximum Gasteiger partial charge on any atom is 0.472 e. The third kappa shape index (κ3) is 27.8. The molecule has 0 rings (SSSR count). The Morgan fingerprint density at radius 3 is 1.48 bits per heavy atom. The summed E-state index contributed by atoms with van der Waals surface area (Å²) in [7, 11) is -4.59. The highest BCUT2D eigenvalue weighted by molar-refractivity contribution is 7.47. The molecule has 250 valence electrons. The first-order valence-corrected chi connectivity index (χ1v) is 18.0. The van der Waals surface area contributed by atoms with Crippen LogP contribution < -0.4 is 0 Å². The number of phosphoric ester groups is 1. The van der Waals surface area contributed by atoms with Crippen LogP contribution in [-0.2, 0) is 32.7 Å². The molecule has 0 saturated heterocycles. The quantitative estimate of drug-likeness (QED) is 0.0412. The molecule has 3 atom stereocenters. The molecule has 0 aliphatic carbocycles. The van der Waals surface area contributed by atoms with Crippen molar-refractivity contribution in [3.63, 3.8) is 0 Å². The van der Waals surface area contributed by atoms with E-state index >= 15 is 0 Å². The lowest BCUT2D eigenvalue weighted by molar-refractivity contribution is -0.161. The maximum absolute atomic E-state index is 12.4. The molecule has 3 N–H and O–H groups in total. The van der Waals surface area contributed by atoms with Crippen LogP contribution in [0.15, 0.2) is 0 Å². The average molecular weight is 625 g/mol. The van der Waals surface area contributed by atoms with Crippen molar-refractivity contribution in [2.75, 3.05) is 26.4 Å². The molecular formula is C31H61O10P. The van der Waals surface area contributed by atoms with E-state index in [-0.39, 0.29) is 19.4 Å². The Morgan fingerprint density at radius 2 is 1.02 bits per heavy atom. The molecule has 3 unspecified atom stereocenters. The van der Waals surface area contributed by atoms with Crippen LogP contribution in [0.2, 0.25) is 0 Å². The van der Waals surface area contributed by atoms with Gasteiger partial charge in [0, 0.05) is 12.8 Å². The van der Waals surface area contributed by atoms with Gasteiger partial charge in [-0.2, -0.15) is 0 Å². The zero-order chi connectivity index (χ0) is 31.3. The van der Waals surface area contributed by atoms with Gasteiger partial charge in [0.2, 0.25) is 0 Å². The van der Waals surface area contributed by atoms with Crippen LogP contribution in [0.1, 0.15) is 149 Å². The molecule has 0 heterocycles. The Morgan fingerprint density at radius 1 is 0.619 bits per heavy atom. The molecule has 42 heavy (non-hydrogen) atoms. The molecule has 0 radical (unpaired) electrons. The predicted molar refractivity (Wildman–Crippen MR) is 164 cm³/mol. The third-order valence-electron chi connectivity index (χ3n) is 7.01. The van der Waals surface area contributed by atoms with Crippen molar-refractivity contribution < 1.29 is 47.8 Å². The minimum Gasteiger partial charge on any atom is -0.462 e. The van der Waals surface area contributed by atoms with E-state index in [0.29, 0.717) is 12.8 Å². The lowest BCUT2D eigenvalue weighted by Crippen LogP contribution is -2.29. The molecule has 0 saturated carbocycles. The Labute approximate surface area is 254 Å². The van der Waals surface area contributed by atoms with Crippen LogP contribution in [0.3, 0.4) is 0 Å². The zero-order valence-corrected chi connectivity index (χ0v) is 27.4. The summed E-state index contributed by atoms with van der Waals surface area (Å²) < 4.78 is 32.3. The van der Waals surface area contributed by atoms with E-state index in [0.717, 1.165) is 38.5 Å². The molecule has 11 heteroatoms. The fourth-order valence-electron chi connectivity index (χ4n) is 4.40. The lowest BCUT2D eigenvalue weighted by atomic mass is 10.1. The standard InChI is InChI=1S/C31H61O10P/c1-3-5-7-9-11-13-14-15-17-19-21-23-31(35)41-29(27-40-42(36,37)39-25-28(33)24-32)26-38-30(34)22-20-18-16-12-10-8-6-4-2/h28-29,32-33H,3-27H2,1-2H3,(H,36,37). The average Bonchev–Trinajstić information content (AvgIpc) is 2.97. The SMILES string of the molecule is CCCCCCCCCCCCCC(=O)OC(COC(=O)CCCCCCCCCC)COP(=O)(O)OCC(O)CO. The monoisotopic (exact) mass is 624 g/mol. The van der Waals surface area contributed by atoms with Crippen LogP contribution in [0, 0.1) is 0 Å². The highest BCUT2D eigenvalue weighted by Gasteiger charge is 2.27. The van der Waals surface area contributed by atoms with E-state index in [9.17, 15) is 24.2 Å². The molecule has 0 aromatic heterocycles. The number of rotatable bonds is 31. The highest BCUT2D eigenvalue weighted by Crippen LogP contribution is 2.43. The summed E-state index contributed by atoms with van der Waals surface area (Å²) in [4.78, 5) is 34.5. The Hall–Kier alpha value is -1.03. The van der Waals surface area contributed by atoms with Crippen molar-refractivity contribution in [1.82, 2.24) is 0 Å². The highest BCUT2D eigenvalue weighted by atomic mass is 31.2. The summed E-state index contributed by atoms with van der Waals surface area (Å²) in [5.74, 6) is -0.926. The van der Waals surface area contributed by atoms with Crippen molar-refractivity contribution >= 4 is 19.8 Å². The third-order valence-corrected chi connectivity index (χ3v) is 7.96. The van der Waals surface area contributed by atoms with Crippen molar-refractivity contribution in [1.29, 1.82) is 0 Å². The number of unbranched alkanes of at least 4 members (excludes halogenated alkanes) is 17. The second kappa shape index (κ2) is 28.7. The van der Waals surface area contributed by atoms with E-state index in [1.54, 1.807) is 0 Å². The summed E-state index contributed by atoms with van der Waals surface area (Å²) in [6.45, 7) is 2.31. The fraction of sp³-hybridized carbons (Fsp3) is 0.935. The first-order chi connectivity index (χ1) is 20.2. The summed E-state index contributed by atoms with van der Waals surface area (Å²) in [6, 6.07) is 0. The fourth-order valence-corrected chi connectivity index (χ4v) is 5.19. The number of hydrogen-bond donors (Lipinski definition) is 3. The van der Waals surface area contributed by atoms with Crippen LogP contribution in [0.5, 0.6) is 0 Å². The number of hydrogen-bond acceptors (Lipinski definition) is 9. The topological polar surface area (TPSA) is 149 Å². The van der Waals surface area contributed by atoms with E-state index in [4.69, 9.17) is 19.1 Å². The van der Waals surface area contributed by atoms with Crippen molar-refractivity contribution in [2.24, 2.45) is 0 Å². The molecule has 0 aromatic carbocycles. The Bertz CT molecular complexity index is 691.